The molecule has 1 aromatic rings. The lowest BCUT2D eigenvalue weighted by Crippen LogP contribution is -2.36. The van der Waals surface area contributed by atoms with Gasteiger partial charge in [0.05, 0.1) is 7.11 Å². The maximum atomic E-state index is 13.4. The molecule has 0 amide bonds. The van der Waals surface area contributed by atoms with E-state index in [4.69, 9.17) is 4.74 Å². The summed E-state index contributed by atoms with van der Waals surface area (Å²) in [6.45, 7) is 0.815. The molecule has 1 unspecified atom stereocenters. The lowest BCUT2D eigenvalue weighted by Gasteiger charge is -2.28. The number of hydrogen-bond donors (Lipinski definition) is 1. The third-order valence-electron chi connectivity index (χ3n) is 2.46. The van der Waals surface area contributed by atoms with Crippen LogP contribution in [-0.2, 0) is 0 Å². The quantitative estimate of drug-likeness (QED) is 0.786. The molecule has 2 nitrogen and oxygen atoms in total. The average Bonchev–Trinajstić information content (AvgIpc) is 2.07. The lowest BCUT2D eigenvalue weighted by molar-refractivity contribution is 0.350. The largest absolute Gasteiger partial charge is 0.497 e. The van der Waals surface area contributed by atoms with E-state index in [0.717, 1.165) is 13.0 Å². The minimum Gasteiger partial charge on any atom is -0.497 e. The van der Waals surface area contributed by atoms with Crippen molar-refractivity contribution in [1.82, 2.24) is 5.32 Å². The molecule has 1 saturated heterocycles. The van der Waals surface area contributed by atoms with Crippen molar-refractivity contribution in [3.8, 4) is 5.75 Å². The fourth-order valence-corrected chi connectivity index (χ4v) is 1.55. The summed E-state index contributed by atoms with van der Waals surface area (Å²) < 4.78 is 31.6. The van der Waals surface area contributed by atoms with Crippen LogP contribution in [0.15, 0.2) is 12.1 Å². The van der Waals surface area contributed by atoms with Crippen LogP contribution >= 0.6 is 0 Å². The molecule has 4 heteroatoms. The summed E-state index contributed by atoms with van der Waals surface area (Å²) in [5.74, 6) is -0.874. The van der Waals surface area contributed by atoms with Crippen molar-refractivity contribution in [2.75, 3.05) is 13.7 Å². The van der Waals surface area contributed by atoms with Crippen LogP contribution in [0.25, 0.3) is 0 Å². The highest BCUT2D eigenvalue weighted by Crippen LogP contribution is 2.30. The first-order valence-corrected chi connectivity index (χ1v) is 4.48. The molecule has 2 rings (SSSR count). The van der Waals surface area contributed by atoms with Gasteiger partial charge in [-0.15, -0.1) is 0 Å². The molecular weight excluding hydrogens is 188 g/mol. The Balaban J connectivity index is 2.39. The number of hydrogen-bond acceptors (Lipinski definition) is 2. The van der Waals surface area contributed by atoms with Gasteiger partial charge in [0.1, 0.15) is 17.4 Å². The van der Waals surface area contributed by atoms with Crippen LogP contribution in [0.1, 0.15) is 18.0 Å². The Bertz CT molecular complexity index is 327. The topological polar surface area (TPSA) is 21.3 Å². The number of methoxy groups -OCH3 is 1. The SMILES string of the molecule is COc1cc(F)c(C2CCN2)c(F)c1. The van der Waals surface area contributed by atoms with E-state index in [1.165, 1.54) is 19.2 Å². The minimum atomic E-state index is -0.543. The Morgan fingerprint density at radius 3 is 2.29 bits per heavy atom. The number of halogens is 2. The van der Waals surface area contributed by atoms with E-state index in [-0.39, 0.29) is 17.4 Å². The van der Waals surface area contributed by atoms with E-state index in [9.17, 15) is 8.78 Å². The average molecular weight is 199 g/mol. The summed E-state index contributed by atoms with van der Waals surface area (Å²) in [7, 11) is 1.38. The molecule has 0 spiro atoms. The van der Waals surface area contributed by atoms with Gasteiger partial charge in [-0.3, -0.25) is 0 Å². The fraction of sp³-hybridized carbons (Fsp3) is 0.400. The van der Waals surface area contributed by atoms with Gasteiger partial charge in [-0.25, -0.2) is 8.78 Å². The van der Waals surface area contributed by atoms with Gasteiger partial charge >= 0.3 is 0 Å². The Kier molecular flexibility index (Phi) is 2.37. The van der Waals surface area contributed by atoms with E-state index in [2.05, 4.69) is 5.32 Å². The molecule has 0 radical (unpaired) electrons. The van der Waals surface area contributed by atoms with Crippen LogP contribution < -0.4 is 10.1 Å². The van der Waals surface area contributed by atoms with Crippen LogP contribution in [0, 0.1) is 11.6 Å². The van der Waals surface area contributed by atoms with E-state index in [0.29, 0.717) is 0 Å². The van der Waals surface area contributed by atoms with E-state index >= 15 is 0 Å². The van der Waals surface area contributed by atoms with E-state index in [1.807, 2.05) is 0 Å². The summed E-state index contributed by atoms with van der Waals surface area (Å²) >= 11 is 0. The predicted octanol–water partition coefficient (Wildman–Crippen LogP) is 2.01. The molecule has 0 saturated carbocycles. The molecule has 1 atom stereocenters. The zero-order chi connectivity index (χ0) is 10.1. The first-order chi connectivity index (χ1) is 6.72. The van der Waals surface area contributed by atoms with Crippen molar-refractivity contribution >= 4 is 0 Å². The molecule has 0 aromatic heterocycles. The summed E-state index contributed by atoms with van der Waals surface area (Å²) in [5.41, 5.74) is 0.122. The van der Waals surface area contributed by atoms with E-state index in [1.54, 1.807) is 0 Å². The molecule has 1 fully saturated rings. The molecule has 0 bridgehead atoms. The van der Waals surface area contributed by atoms with Crippen molar-refractivity contribution in [2.45, 2.75) is 12.5 Å². The van der Waals surface area contributed by atoms with Crippen molar-refractivity contribution in [2.24, 2.45) is 0 Å². The van der Waals surface area contributed by atoms with Crippen molar-refractivity contribution < 1.29 is 13.5 Å². The molecule has 0 aliphatic carbocycles. The van der Waals surface area contributed by atoms with Crippen LogP contribution in [-0.4, -0.2) is 13.7 Å². The highest BCUT2D eigenvalue weighted by molar-refractivity contribution is 5.33. The minimum absolute atomic E-state index is 0.122. The predicted molar refractivity (Wildman–Crippen MR) is 48.3 cm³/mol. The van der Waals surface area contributed by atoms with Gasteiger partial charge in [0.25, 0.3) is 0 Å². The Hall–Kier alpha value is -1.16. The highest BCUT2D eigenvalue weighted by Gasteiger charge is 2.25. The second-order valence-corrected chi connectivity index (χ2v) is 3.30. The molecule has 1 aliphatic rings. The highest BCUT2D eigenvalue weighted by atomic mass is 19.1. The maximum Gasteiger partial charge on any atom is 0.134 e. The van der Waals surface area contributed by atoms with Gasteiger partial charge in [-0.1, -0.05) is 0 Å². The maximum absolute atomic E-state index is 13.4. The second kappa shape index (κ2) is 3.53. The number of nitrogens with one attached hydrogen (secondary N) is 1. The Morgan fingerprint density at radius 2 is 1.93 bits per heavy atom. The number of benzene rings is 1. The summed E-state index contributed by atoms with van der Waals surface area (Å²) in [5, 5.41) is 2.96. The molecular formula is C10H11F2NO. The van der Waals surface area contributed by atoms with E-state index < -0.39 is 11.6 Å². The van der Waals surface area contributed by atoms with Gasteiger partial charge < -0.3 is 10.1 Å². The van der Waals surface area contributed by atoms with Gasteiger partial charge in [-0.05, 0) is 13.0 Å². The number of ether oxygens (including phenoxy) is 1. The van der Waals surface area contributed by atoms with Crippen molar-refractivity contribution in [3.05, 3.63) is 29.3 Å². The monoisotopic (exact) mass is 199 g/mol. The Labute approximate surface area is 80.9 Å². The normalized spacial score (nSPS) is 20.4. The smallest absolute Gasteiger partial charge is 0.134 e. The summed E-state index contributed by atoms with van der Waals surface area (Å²) in [4.78, 5) is 0. The zero-order valence-electron chi connectivity index (χ0n) is 7.81. The molecule has 1 N–H and O–H groups in total. The van der Waals surface area contributed by atoms with Crippen LogP contribution in [0.4, 0.5) is 8.78 Å². The third kappa shape index (κ3) is 1.46. The molecule has 14 heavy (non-hydrogen) atoms. The zero-order valence-corrected chi connectivity index (χ0v) is 7.81. The van der Waals surface area contributed by atoms with Crippen LogP contribution in [0.3, 0.4) is 0 Å². The fourth-order valence-electron chi connectivity index (χ4n) is 1.55. The first-order valence-electron chi connectivity index (χ1n) is 4.48. The molecule has 1 aliphatic heterocycles. The summed E-state index contributed by atoms with van der Waals surface area (Å²) in [6, 6.07) is 2.23. The lowest BCUT2D eigenvalue weighted by atomic mass is 9.97. The second-order valence-electron chi connectivity index (χ2n) is 3.30. The third-order valence-corrected chi connectivity index (χ3v) is 2.46. The molecule has 76 valence electrons. The van der Waals surface area contributed by atoms with Gasteiger partial charge in [-0.2, -0.15) is 0 Å². The first kappa shape index (κ1) is 9.40. The van der Waals surface area contributed by atoms with Gasteiger partial charge in [0.2, 0.25) is 0 Å². The molecule has 1 aromatic carbocycles. The Morgan fingerprint density at radius 1 is 1.36 bits per heavy atom. The van der Waals surface area contributed by atoms with Crippen LogP contribution in [0.5, 0.6) is 5.75 Å². The van der Waals surface area contributed by atoms with Crippen LogP contribution in [0.2, 0.25) is 0 Å². The number of rotatable bonds is 2. The summed E-state index contributed by atoms with van der Waals surface area (Å²) in [6.07, 6.45) is 0.778. The van der Waals surface area contributed by atoms with Gasteiger partial charge in [0.15, 0.2) is 0 Å². The molecule has 1 heterocycles. The van der Waals surface area contributed by atoms with Gasteiger partial charge in [0, 0.05) is 23.7 Å². The van der Waals surface area contributed by atoms with Crippen molar-refractivity contribution in [1.29, 1.82) is 0 Å². The standard InChI is InChI=1S/C10H11F2NO/c1-14-6-4-7(11)10(8(12)5-6)9-2-3-13-9/h4-5,9,13H,2-3H2,1H3. The van der Waals surface area contributed by atoms with Crippen molar-refractivity contribution in [3.63, 3.8) is 0 Å².